The zero-order valence-electron chi connectivity index (χ0n) is 16.6. The smallest absolute Gasteiger partial charge is 0.350 e. The minimum atomic E-state index is -0.486. The second-order valence-corrected chi connectivity index (χ2v) is 6.88. The van der Waals surface area contributed by atoms with Gasteiger partial charge < -0.3 is 24.3 Å². The fraction of sp³-hybridized carbons (Fsp3) is 0.333. The van der Waals surface area contributed by atoms with Gasteiger partial charge in [0.15, 0.2) is 21.7 Å². The Morgan fingerprint density at radius 1 is 1.14 bits per heavy atom. The lowest BCUT2D eigenvalue weighted by Crippen LogP contribution is -2.34. The monoisotopic (exact) mass is 439 g/mol. The van der Waals surface area contributed by atoms with Crippen LogP contribution in [-0.2, 0) is 4.74 Å². The average Bonchev–Trinajstić information content (AvgIpc) is 3.06. The van der Waals surface area contributed by atoms with Crippen LogP contribution in [0.1, 0.15) is 32.6 Å². The van der Waals surface area contributed by atoms with E-state index in [0.717, 1.165) is 11.3 Å². The summed E-state index contributed by atoms with van der Waals surface area (Å²) in [4.78, 5) is 29.0. The van der Waals surface area contributed by atoms with Crippen LogP contribution in [0.25, 0.3) is 0 Å². The van der Waals surface area contributed by atoms with Gasteiger partial charge in [-0.05, 0) is 38.2 Å². The van der Waals surface area contributed by atoms with E-state index in [-0.39, 0.29) is 17.3 Å². The van der Waals surface area contributed by atoms with E-state index in [2.05, 4.69) is 15.6 Å². The van der Waals surface area contributed by atoms with E-state index in [0.29, 0.717) is 33.0 Å². The molecule has 29 heavy (non-hydrogen) atoms. The highest BCUT2D eigenvalue weighted by atomic mass is 32.1. The molecule has 1 aromatic carbocycles. The second kappa shape index (κ2) is 10.0. The van der Waals surface area contributed by atoms with E-state index in [9.17, 15) is 9.59 Å². The number of methoxy groups -OCH3 is 3. The number of amides is 1. The van der Waals surface area contributed by atoms with Crippen molar-refractivity contribution in [3.63, 3.8) is 0 Å². The summed E-state index contributed by atoms with van der Waals surface area (Å²) in [7, 11) is 4.38. The second-order valence-electron chi connectivity index (χ2n) is 5.48. The fourth-order valence-corrected chi connectivity index (χ4v) is 3.47. The first-order chi connectivity index (χ1) is 13.8. The number of nitrogens with one attached hydrogen (secondary N) is 2. The molecule has 0 aliphatic carbocycles. The van der Waals surface area contributed by atoms with Crippen LogP contribution in [0.3, 0.4) is 0 Å². The van der Waals surface area contributed by atoms with Gasteiger partial charge in [0.2, 0.25) is 5.75 Å². The number of anilines is 1. The predicted molar refractivity (Wildman–Crippen MR) is 113 cm³/mol. The van der Waals surface area contributed by atoms with Gasteiger partial charge in [0.25, 0.3) is 5.91 Å². The number of rotatable bonds is 7. The largest absolute Gasteiger partial charge is 0.493 e. The number of thiocarbonyl (C=S) groups is 1. The van der Waals surface area contributed by atoms with Gasteiger partial charge in [-0.3, -0.25) is 10.1 Å². The van der Waals surface area contributed by atoms with Crippen LogP contribution in [0.4, 0.5) is 5.13 Å². The molecule has 0 unspecified atom stereocenters. The number of carbonyl (C=O) groups excluding carboxylic acids is 2. The summed E-state index contributed by atoms with van der Waals surface area (Å²) in [5.41, 5.74) is 0.765. The first-order valence-electron chi connectivity index (χ1n) is 8.41. The molecule has 2 aromatic rings. The number of aryl methyl sites for hydroxylation is 1. The Morgan fingerprint density at radius 2 is 1.76 bits per heavy atom. The number of nitrogens with zero attached hydrogens (tertiary/aromatic N) is 1. The number of benzene rings is 1. The third kappa shape index (κ3) is 5.33. The van der Waals surface area contributed by atoms with Crippen LogP contribution in [0.15, 0.2) is 12.1 Å². The molecule has 0 radical (unpaired) electrons. The van der Waals surface area contributed by atoms with Gasteiger partial charge in [-0.15, -0.1) is 0 Å². The first-order valence-corrected chi connectivity index (χ1v) is 9.63. The Balaban J connectivity index is 2.13. The third-order valence-corrected chi connectivity index (χ3v) is 4.89. The number of ether oxygens (including phenoxy) is 4. The van der Waals surface area contributed by atoms with Gasteiger partial charge >= 0.3 is 5.97 Å². The normalized spacial score (nSPS) is 10.1. The zero-order chi connectivity index (χ0) is 21.6. The third-order valence-electron chi connectivity index (χ3n) is 3.63. The first kappa shape index (κ1) is 22.4. The molecule has 11 heteroatoms. The maximum absolute atomic E-state index is 12.6. The predicted octanol–water partition coefficient (Wildman–Crippen LogP) is 2.78. The van der Waals surface area contributed by atoms with Gasteiger partial charge in [0.1, 0.15) is 4.88 Å². The number of aromatic nitrogens is 1. The van der Waals surface area contributed by atoms with E-state index in [4.69, 9.17) is 31.2 Å². The van der Waals surface area contributed by atoms with Crippen molar-refractivity contribution in [1.29, 1.82) is 0 Å². The molecule has 1 amide bonds. The molecule has 9 nitrogen and oxygen atoms in total. The molecular weight excluding hydrogens is 418 g/mol. The molecule has 0 saturated heterocycles. The summed E-state index contributed by atoms with van der Waals surface area (Å²) in [6.45, 7) is 3.68. The highest BCUT2D eigenvalue weighted by Gasteiger charge is 2.19. The quantitative estimate of drug-likeness (QED) is 0.497. The van der Waals surface area contributed by atoms with E-state index in [1.165, 1.54) is 33.5 Å². The summed E-state index contributed by atoms with van der Waals surface area (Å²) in [5.74, 6) is 0.108. The molecule has 1 heterocycles. The molecule has 1 aromatic heterocycles. The minimum absolute atomic E-state index is 0.0212. The standard InChI is InChI=1S/C18H21N3O6S2/c1-6-27-16(23)14-9(2)19-18(29-14)21-17(28)20-15(22)10-7-11(24-3)13(26-5)12(8-10)25-4/h7-8H,6H2,1-5H3,(H2,19,20,21,22,28). The lowest BCUT2D eigenvalue weighted by Gasteiger charge is -2.14. The molecule has 0 spiro atoms. The summed E-state index contributed by atoms with van der Waals surface area (Å²) in [6.07, 6.45) is 0. The molecule has 0 fully saturated rings. The minimum Gasteiger partial charge on any atom is -0.493 e. The van der Waals surface area contributed by atoms with Crippen LogP contribution in [0.5, 0.6) is 17.2 Å². The van der Waals surface area contributed by atoms with Gasteiger partial charge in [-0.1, -0.05) is 11.3 Å². The van der Waals surface area contributed by atoms with Gasteiger partial charge in [-0.2, -0.15) is 0 Å². The molecule has 0 aliphatic heterocycles. The lowest BCUT2D eigenvalue weighted by atomic mass is 10.1. The van der Waals surface area contributed by atoms with Crippen LogP contribution in [-0.4, -0.2) is 49.9 Å². The summed E-state index contributed by atoms with van der Waals surface area (Å²) < 4.78 is 20.7. The van der Waals surface area contributed by atoms with Crippen molar-refractivity contribution in [2.24, 2.45) is 0 Å². The molecule has 0 bridgehead atoms. The Bertz CT molecular complexity index is 903. The fourth-order valence-electron chi connectivity index (χ4n) is 2.35. The van der Waals surface area contributed by atoms with Gasteiger partial charge in [0.05, 0.1) is 33.6 Å². The average molecular weight is 440 g/mol. The van der Waals surface area contributed by atoms with Gasteiger partial charge in [-0.25, -0.2) is 9.78 Å². The molecule has 156 valence electrons. The van der Waals surface area contributed by atoms with Crippen molar-refractivity contribution in [2.45, 2.75) is 13.8 Å². The lowest BCUT2D eigenvalue weighted by molar-refractivity contribution is 0.0531. The Hall–Kier alpha value is -2.92. The zero-order valence-corrected chi connectivity index (χ0v) is 18.2. The number of thiazole rings is 1. The molecule has 0 aliphatic rings. The van der Waals surface area contributed by atoms with Crippen LogP contribution in [0, 0.1) is 6.92 Å². The number of hydrogen-bond donors (Lipinski definition) is 2. The van der Waals surface area contributed by atoms with Crippen LogP contribution >= 0.6 is 23.6 Å². The van der Waals surface area contributed by atoms with E-state index < -0.39 is 11.9 Å². The topological polar surface area (TPSA) is 108 Å². The molecule has 2 N–H and O–H groups in total. The summed E-state index contributed by atoms with van der Waals surface area (Å²) in [6, 6.07) is 3.01. The van der Waals surface area contributed by atoms with Crippen molar-refractivity contribution < 1.29 is 28.5 Å². The maximum Gasteiger partial charge on any atom is 0.350 e. The van der Waals surface area contributed by atoms with E-state index in [1.54, 1.807) is 13.8 Å². The van der Waals surface area contributed by atoms with Crippen molar-refractivity contribution in [3.05, 3.63) is 28.3 Å². The maximum atomic E-state index is 12.6. The summed E-state index contributed by atoms with van der Waals surface area (Å²) >= 11 is 6.26. The molecular formula is C18H21N3O6S2. The van der Waals surface area contributed by atoms with E-state index in [1.807, 2.05) is 0 Å². The van der Waals surface area contributed by atoms with Crippen LogP contribution < -0.4 is 24.8 Å². The highest BCUT2D eigenvalue weighted by Crippen LogP contribution is 2.38. The molecule has 2 rings (SSSR count). The van der Waals surface area contributed by atoms with Crippen molar-refractivity contribution in [1.82, 2.24) is 10.3 Å². The van der Waals surface area contributed by atoms with Gasteiger partial charge in [0, 0.05) is 5.56 Å². The molecule has 0 saturated carbocycles. The SMILES string of the molecule is CCOC(=O)c1sc(NC(=S)NC(=O)c2cc(OC)c(OC)c(OC)c2)nc1C. The summed E-state index contributed by atoms with van der Waals surface area (Å²) in [5, 5.41) is 5.72. The van der Waals surface area contributed by atoms with Crippen LogP contribution in [0.2, 0.25) is 0 Å². The van der Waals surface area contributed by atoms with Crippen molar-refractivity contribution in [3.8, 4) is 17.2 Å². The Labute approximate surface area is 177 Å². The number of esters is 1. The Kier molecular flexibility index (Phi) is 7.74. The Morgan fingerprint density at radius 3 is 2.28 bits per heavy atom. The number of carbonyl (C=O) groups is 2. The van der Waals surface area contributed by atoms with Crippen molar-refractivity contribution in [2.75, 3.05) is 33.3 Å². The van der Waals surface area contributed by atoms with Crippen molar-refractivity contribution >= 4 is 45.7 Å². The van der Waals surface area contributed by atoms with E-state index >= 15 is 0 Å². The molecule has 0 atom stereocenters. The highest BCUT2D eigenvalue weighted by molar-refractivity contribution is 7.80. The number of hydrogen-bond acceptors (Lipinski definition) is 9.